The molecule has 4 bridgehead atoms. The molecule has 6 rings (SSSR count). The normalized spacial score (nSPS) is 29.3. The quantitative estimate of drug-likeness (QED) is 0.188. The van der Waals surface area contributed by atoms with Gasteiger partial charge in [0.2, 0.25) is 11.8 Å². The predicted molar refractivity (Wildman–Crippen MR) is 181 cm³/mol. The lowest BCUT2D eigenvalue weighted by molar-refractivity contribution is -0.149. The molecule has 1 heterocycles. The number of nitrogens with zero attached hydrogens (tertiary/aromatic N) is 2. The van der Waals surface area contributed by atoms with Gasteiger partial charge in [-0.25, -0.2) is 14.0 Å². The van der Waals surface area contributed by atoms with Gasteiger partial charge in [0.25, 0.3) is 0 Å². The lowest BCUT2D eigenvalue weighted by Gasteiger charge is -2.58. The Labute approximate surface area is 287 Å². The molecule has 0 aromatic heterocycles. The Morgan fingerprint density at radius 3 is 2.20 bits per heavy atom. The summed E-state index contributed by atoms with van der Waals surface area (Å²) in [5, 5.41) is 41.1. The van der Waals surface area contributed by atoms with Gasteiger partial charge < -0.3 is 36.4 Å². The van der Waals surface area contributed by atoms with Crippen LogP contribution in [0.3, 0.4) is 0 Å². The van der Waals surface area contributed by atoms with Crippen molar-refractivity contribution in [1.82, 2.24) is 10.2 Å². The highest BCUT2D eigenvalue weighted by Crippen LogP contribution is 2.55. The van der Waals surface area contributed by atoms with Gasteiger partial charge in [0.1, 0.15) is 5.82 Å². The van der Waals surface area contributed by atoms with E-state index in [1.54, 1.807) is 11.0 Å². The van der Waals surface area contributed by atoms with Crippen LogP contribution in [0.5, 0.6) is 0 Å². The largest absolute Gasteiger partial charge is 0.478 e. The van der Waals surface area contributed by atoms with Crippen LogP contribution in [0.4, 0.5) is 10.1 Å². The van der Waals surface area contributed by atoms with Crippen LogP contribution in [-0.2, 0) is 19.2 Å². The molecule has 1 aliphatic heterocycles. The number of nitrogens with two attached hydrogens (primary N) is 1. The van der Waals surface area contributed by atoms with Crippen molar-refractivity contribution in [2.24, 2.45) is 35.3 Å². The number of carbonyl (C=O) groups excluding carboxylic acids is 2. The molecule has 2 unspecified atom stereocenters. The molecule has 1 aromatic rings. The van der Waals surface area contributed by atoms with Gasteiger partial charge in [-0.3, -0.25) is 14.5 Å². The van der Waals surface area contributed by atoms with E-state index in [0.717, 1.165) is 37.7 Å². The van der Waals surface area contributed by atoms with Crippen molar-refractivity contribution in [3.05, 3.63) is 41.7 Å². The van der Waals surface area contributed by atoms with Crippen molar-refractivity contribution < 1.29 is 44.0 Å². The van der Waals surface area contributed by atoms with Gasteiger partial charge in [-0.15, -0.1) is 0 Å². The van der Waals surface area contributed by atoms with E-state index in [4.69, 9.17) is 15.9 Å². The predicted octanol–water partition coefficient (Wildman–Crippen LogP) is 2.68. The summed E-state index contributed by atoms with van der Waals surface area (Å²) in [6.45, 7) is 10.7. The number of anilines is 1. The average molecular weight is 689 g/mol. The van der Waals surface area contributed by atoms with E-state index in [0.29, 0.717) is 48.7 Å². The van der Waals surface area contributed by atoms with E-state index in [1.807, 2.05) is 39.5 Å². The molecule has 13 heteroatoms. The number of rotatable bonds is 11. The second-order valence-corrected chi connectivity index (χ2v) is 15.7. The monoisotopic (exact) mass is 688 g/mol. The minimum atomic E-state index is -1.26. The van der Waals surface area contributed by atoms with Gasteiger partial charge in [-0.2, -0.15) is 0 Å². The fourth-order valence-corrected chi connectivity index (χ4v) is 8.57. The van der Waals surface area contributed by atoms with E-state index in [1.165, 1.54) is 12.1 Å². The fourth-order valence-electron chi connectivity index (χ4n) is 8.57. The second kappa shape index (κ2) is 15.2. The highest BCUT2D eigenvalue weighted by Gasteiger charge is 2.55. The third-order valence-corrected chi connectivity index (χ3v) is 11.0. The minimum Gasteiger partial charge on any atom is -0.478 e. The number of nitrogens with one attached hydrogen (secondary N) is 1. The van der Waals surface area contributed by atoms with E-state index < -0.39 is 41.1 Å². The molecule has 7 N–H and O–H groups in total. The summed E-state index contributed by atoms with van der Waals surface area (Å²) < 4.78 is 14.0. The number of amides is 2. The van der Waals surface area contributed by atoms with Crippen LogP contribution in [0.1, 0.15) is 71.8 Å². The maximum atomic E-state index is 14.0. The van der Waals surface area contributed by atoms with Crippen molar-refractivity contribution in [3.63, 3.8) is 0 Å². The molecule has 0 spiro atoms. The average Bonchev–Trinajstić information content (AvgIpc) is 2.98. The molecular weight excluding hydrogens is 635 g/mol. The Morgan fingerprint density at radius 2 is 1.67 bits per heavy atom. The van der Waals surface area contributed by atoms with Gasteiger partial charge in [0.05, 0.1) is 18.2 Å². The molecule has 5 atom stereocenters. The Hall–Kier alpha value is -3.39. The maximum Gasteiger partial charge on any atom is 0.328 e. The number of piperazine rings is 1. The summed E-state index contributed by atoms with van der Waals surface area (Å²) in [6.07, 6.45) is 5.04. The first-order valence-electron chi connectivity index (χ1n) is 17.2. The van der Waals surface area contributed by atoms with E-state index in [9.17, 15) is 33.8 Å². The topological polar surface area (TPSA) is 194 Å². The standard InChI is InChI=1S/C32H49FN4O4.C4H4O4/c1-18(2)24(30(40)35-29-21-8-20-9-22(29)14-32(41,12-20)13-21)11-27(38)25(34)15-36-16-28(39)37(17-31(36,4)5)26-10-23(33)7-6-19(26)3;5-3(6)1-2-4(7)8/h6-7,10,18,20-22,24-25,27,29,38,41H,8-9,11-17,34H2,1-5H3,(H,35,40);1-2H,(H,5,6)(H,7,8)/b;2-1+/t20?,21?,22?,24-,25-,27-,29?,32?;/m0./s1. The summed E-state index contributed by atoms with van der Waals surface area (Å²) in [4.78, 5) is 49.5. The van der Waals surface area contributed by atoms with Gasteiger partial charge in [0.15, 0.2) is 0 Å². The molecule has 12 nitrogen and oxygen atoms in total. The number of aliphatic hydroxyl groups excluding tert-OH is 1. The maximum absolute atomic E-state index is 14.0. The zero-order valence-corrected chi connectivity index (χ0v) is 29.1. The third-order valence-electron chi connectivity index (χ3n) is 11.0. The zero-order chi connectivity index (χ0) is 36.4. The summed E-state index contributed by atoms with van der Waals surface area (Å²) in [5.74, 6) is -2.22. The summed E-state index contributed by atoms with van der Waals surface area (Å²) in [6, 6.07) is 3.92. The highest BCUT2D eigenvalue weighted by molar-refractivity contribution is 5.96. The number of aliphatic carboxylic acids is 2. The van der Waals surface area contributed by atoms with Crippen molar-refractivity contribution in [3.8, 4) is 0 Å². The first-order valence-corrected chi connectivity index (χ1v) is 17.2. The number of hydrogen-bond donors (Lipinski definition) is 6. The summed E-state index contributed by atoms with van der Waals surface area (Å²) in [7, 11) is 0. The summed E-state index contributed by atoms with van der Waals surface area (Å²) in [5.41, 5.74) is 6.93. The van der Waals surface area contributed by atoms with Gasteiger partial charge in [0, 0.05) is 54.5 Å². The van der Waals surface area contributed by atoms with Crippen LogP contribution < -0.4 is 16.0 Å². The Balaban J connectivity index is 0.000000603. The number of benzene rings is 1. The molecule has 4 saturated carbocycles. The van der Waals surface area contributed by atoms with Crippen molar-refractivity contribution in [1.29, 1.82) is 0 Å². The molecule has 0 radical (unpaired) electrons. The molecule has 1 saturated heterocycles. The van der Waals surface area contributed by atoms with E-state index in [2.05, 4.69) is 5.32 Å². The minimum absolute atomic E-state index is 0.0222. The molecule has 4 aliphatic carbocycles. The number of hydrogen-bond acceptors (Lipinski definition) is 8. The van der Waals surface area contributed by atoms with Crippen LogP contribution in [0, 0.1) is 42.3 Å². The molecule has 1 aromatic carbocycles. The molecule has 272 valence electrons. The number of carboxylic acid groups (broad SMARTS) is 2. The Morgan fingerprint density at radius 1 is 1.08 bits per heavy atom. The Kier molecular flexibility index (Phi) is 11.9. The number of carboxylic acids is 2. The molecular formula is C36H53FN4O8. The van der Waals surface area contributed by atoms with Crippen LogP contribution in [0.25, 0.3) is 0 Å². The lowest BCUT2D eigenvalue weighted by atomic mass is 9.52. The smallest absolute Gasteiger partial charge is 0.328 e. The van der Waals surface area contributed by atoms with Crippen molar-refractivity contribution >= 4 is 29.4 Å². The highest BCUT2D eigenvalue weighted by atomic mass is 19.1. The van der Waals surface area contributed by atoms with Gasteiger partial charge >= 0.3 is 11.9 Å². The van der Waals surface area contributed by atoms with Crippen LogP contribution in [0.2, 0.25) is 0 Å². The van der Waals surface area contributed by atoms with E-state index in [-0.39, 0.29) is 42.6 Å². The zero-order valence-electron chi connectivity index (χ0n) is 29.1. The second-order valence-electron chi connectivity index (χ2n) is 15.7. The molecule has 49 heavy (non-hydrogen) atoms. The van der Waals surface area contributed by atoms with Crippen molar-refractivity contribution in [2.45, 2.75) is 102 Å². The summed E-state index contributed by atoms with van der Waals surface area (Å²) >= 11 is 0. The van der Waals surface area contributed by atoms with Crippen molar-refractivity contribution in [2.75, 3.05) is 24.5 Å². The molecule has 5 fully saturated rings. The number of carbonyl (C=O) groups is 4. The van der Waals surface area contributed by atoms with Crippen LogP contribution >= 0.6 is 0 Å². The Bertz CT molecular complexity index is 1400. The van der Waals surface area contributed by atoms with Gasteiger partial charge in [-0.1, -0.05) is 19.9 Å². The first kappa shape index (κ1) is 38.4. The number of aryl methyl sites for hydroxylation is 1. The number of halogens is 1. The lowest BCUT2D eigenvalue weighted by Crippen LogP contribution is -2.64. The van der Waals surface area contributed by atoms with Crippen LogP contribution in [0.15, 0.2) is 30.4 Å². The van der Waals surface area contributed by atoms with Crippen LogP contribution in [-0.4, -0.2) is 98.0 Å². The fraction of sp³-hybridized carbons (Fsp3) is 0.667. The SMILES string of the molecule is Cc1ccc(F)cc1N1CC(C)(C)N(C[C@H](N)[C@@H](O)C[C@H](C(=O)NC2C3CC4CC2CC(O)(C4)C3)C(C)C)CC1=O.O=C(O)/C=C/C(=O)O. The molecule has 2 amide bonds. The number of aliphatic hydroxyl groups is 2. The molecule has 5 aliphatic rings. The first-order chi connectivity index (χ1) is 22.8. The van der Waals surface area contributed by atoms with E-state index >= 15 is 0 Å². The van der Waals surface area contributed by atoms with Gasteiger partial charge in [-0.05, 0) is 101 Å². The third kappa shape index (κ3) is 9.44.